The van der Waals surface area contributed by atoms with E-state index in [1.54, 1.807) is 34.0 Å². The summed E-state index contributed by atoms with van der Waals surface area (Å²) in [5.74, 6) is 0.457. The summed E-state index contributed by atoms with van der Waals surface area (Å²) in [7, 11) is 1.59. The van der Waals surface area contributed by atoms with E-state index in [1.165, 1.54) is 6.08 Å². The van der Waals surface area contributed by atoms with Crippen LogP contribution in [-0.2, 0) is 4.79 Å². The molecule has 4 heteroatoms. The lowest BCUT2D eigenvalue weighted by atomic mass is 9.99. The Kier molecular flexibility index (Phi) is 5.12. The van der Waals surface area contributed by atoms with Crippen LogP contribution in [0.3, 0.4) is 0 Å². The van der Waals surface area contributed by atoms with Gasteiger partial charge < -0.3 is 15.2 Å². The van der Waals surface area contributed by atoms with E-state index in [0.717, 1.165) is 5.56 Å². The van der Waals surface area contributed by atoms with Gasteiger partial charge in [-0.3, -0.25) is 4.79 Å². The molecule has 0 aliphatic rings. The van der Waals surface area contributed by atoms with Crippen molar-refractivity contribution in [2.75, 3.05) is 7.11 Å². The van der Waals surface area contributed by atoms with Crippen LogP contribution in [0.4, 0.5) is 0 Å². The van der Waals surface area contributed by atoms with Gasteiger partial charge in [-0.1, -0.05) is 18.2 Å². The van der Waals surface area contributed by atoms with E-state index in [2.05, 4.69) is 5.32 Å². The molecule has 0 saturated heterocycles. The van der Waals surface area contributed by atoms with Gasteiger partial charge in [-0.2, -0.15) is 0 Å². The van der Waals surface area contributed by atoms with Gasteiger partial charge in [-0.25, -0.2) is 0 Å². The minimum atomic E-state index is -0.664. The minimum absolute atomic E-state index is 0.253. The molecular weight excluding hydrogens is 242 g/mol. The highest BCUT2D eigenvalue weighted by molar-refractivity contribution is 5.92. The fourth-order valence-corrected chi connectivity index (χ4v) is 1.43. The predicted octanol–water partition coefficient (Wildman–Crippen LogP) is 1.98. The molecule has 1 unspecified atom stereocenters. The monoisotopic (exact) mass is 263 g/mol. The second kappa shape index (κ2) is 6.38. The first-order valence-electron chi connectivity index (χ1n) is 6.18. The highest BCUT2D eigenvalue weighted by Gasteiger charge is 2.24. The maximum absolute atomic E-state index is 11.8. The Morgan fingerprint density at radius 2 is 2.05 bits per heavy atom. The van der Waals surface area contributed by atoms with Crippen molar-refractivity contribution in [3.8, 4) is 5.75 Å². The molecule has 1 aromatic carbocycles. The van der Waals surface area contributed by atoms with Gasteiger partial charge in [0.1, 0.15) is 5.75 Å². The molecule has 0 spiro atoms. The summed E-state index contributed by atoms with van der Waals surface area (Å²) in [4.78, 5) is 11.8. The highest BCUT2D eigenvalue weighted by Crippen LogP contribution is 2.18. The first-order chi connectivity index (χ1) is 8.86. The van der Waals surface area contributed by atoms with Crippen molar-refractivity contribution in [3.05, 3.63) is 35.9 Å². The number of ether oxygens (including phenoxy) is 1. The number of rotatable bonds is 5. The number of carbonyl (C=O) groups excluding carboxylic acids is 1. The lowest BCUT2D eigenvalue weighted by molar-refractivity contribution is -0.119. The van der Waals surface area contributed by atoms with Crippen LogP contribution in [0.25, 0.3) is 6.08 Å². The van der Waals surface area contributed by atoms with Crippen LogP contribution >= 0.6 is 0 Å². The Morgan fingerprint density at radius 1 is 1.42 bits per heavy atom. The second-order valence-electron chi connectivity index (χ2n) is 4.96. The fourth-order valence-electron chi connectivity index (χ4n) is 1.43. The lowest BCUT2D eigenvalue weighted by Gasteiger charge is -2.28. The van der Waals surface area contributed by atoms with Crippen LogP contribution < -0.4 is 10.1 Å². The largest absolute Gasteiger partial charge is 0.496 e. The van der Waals surface area contributed by atoms with Crippen LogP contribution in [0.5, 0.6) is 5.75 Å². The molecule has 0 aromatic heterocycles. The molecule has 1 aromatic rings. The van der Waals surface area contributed by atoms with E-state index in [4.69, 9.17) is 4.74 Å². The number of hydrogen-bond acceptors (Lipinski definition) is 3. The molecule has 104 valence electrons. The van der Waals surface area contributed by atoms with Crippen molar-refractivity contribution in [2.24, 2.45) is 0 Å². The third kappa shape index (κ3) is 4.41. The molecule has 0 saturated carbocycles. The quantitative estimate of drug-likeness (QED) is 0.799. The van der Waals surface area contributed by atoms with E-state index in [9.17, 15) is 9.90 Å². The van der Waals surface area contributed by atoms with Crippen molar-refractivity contribution >= 4 is 12.0 Å². The molecule has 0 heterocycles. The Balaban J connectivity index is 2.74. The summed E-state index contributed by atoms with van der Waals surface area (Å²) in [6, 6.07) is 7.44. The molecule has 0 radical (unpaired) electrons. The summed E-state index contributed by atoms with van der Waals surface area (Å²) in [5.41, 5.74) is 0.164. The average molecular weight is 263 g/mol. The molecule has 1 atom stereocenters. The van der Waals surface area contributed by atoms with Crippen LogP contribution in [-0.4, -0.2) is 29.8 Å². The highest BCUT2D eigenvalue weighted by atomic mass is 16.5. The number of aliphatic hydroxyl groups excluding tert-OH is 1. The number of hydrogen-bond donors (Lipinski definition) is 2. The Bertz CT molecular complexity index is 464. The van der Waals surface area contributed by atoms with Crippen molar-refractivity contribution in [3.63, 3.8) is 0 Å². The Morgan fingerprint density at radius 3 is 2.63 bits per heavy atom. The zero-order valence-electron chi connectivity index (χ0n) is 11.8. The standard InChI is InChI=1S/C15H21NO3/c1-11(17)15(2,3)16-14(18)10-9-12-7-5-6-8-13(12)19-4/h5-11,17H,1-4H3,(H,16,18)/b10-9+. The van der Waals surface area contributed by atoms with Gasteiger partial charge >= 0.3 is 0 Å². The van der Waals surface area contributed by atoms with Crippen molar-refractivity contribution in [2.45, 2.75) is 32.4 Å². The molecule has 0 aliphatic heterocycles. The maximum Gasteiger partial charge on any atom is 0.244 e. The Hall–Kier alpha value is -1.81. The Labute approximate surface area is 114 Å². The number of benzene rings is 1. The normalized spacial score (nSPS) is 13.3. The predicted molar refractivity (Wildman–Crippen MR) is 75.9 cm³/mol. The first kappa shape index (κ1) is 15.2. The van der Waals surface area contributed by atoms with Gasteiger partial charge in [0.15, 0.2) is 0 Å². The number of aliphatic hydroxyl groups is 1. The summed E-state index contributed by atoms with van der Waals surface area (Å²) in [6.07, 6.45) is 2.49. The molecule has 19 heavy (non-hydrogen) atoms. The molecule has 1 rings (SSSR count). The molecule has 0 bridgehead atoms. The van der Waals surface area contributed by atoms with E-state index in [-0.39, 0.29) is 5.91 Å². The van der Waals surface area contributed by atoms with E-state index >= 15 is 0 Å². The van der Waals surface area contributed by atoms with Gasteiger partial charge in [0.2, 0.25) is 5.91 Å². The fraction of sp³-hybridized carbons (Fsp3) is 0.400. The summed E-state index contributed by atoms with van der Waals surface area (Å²) < 4.78 is 5.19. The minimum Gasteiger partial charge on any atom is -0.496 e. The van der Waals surface area contributed by atoms with Crippen LogP contribution in [0.15, 0.2) is 30.3 Å². The first-order valence-corrected chi connectivity index (χ1v) is 6.18. The van der Waals surface area contributed by atoms with Crippen LogP contribution in [0.1, 0.15) is 26.3 Å². The molecular formula is C15H21NO3. The number of carbonyl (C=O) groups is 1. The molecule has 0 aliphatic carbocycles. The van der Waals surface area contributed by atoms with Gasteiger partial charge in [-0.15, -0.1) is 0 Å². The van der Waals surface area contributed by atoms with Gasteiger partial charge in [-0.05, 0) is 32.9 Å². The van der Waals surface area contributed by atoms with Crippen molar-refractivity contribution in [1.29, 1.82) is 0 Å². The lowest BCUT2D eigenvalue weighted by Crippen LogP contribution is -2.50. The molecule has 0 fully saturated rings. The van der Waals surface area contributed by atoms with Gasteiger partial charge in [0.05, 0.1) is 18.8 Å². The summed E-state index contributed by atoms with van der Waals surface area (Å²) in [6.45, 7) is 5.18. The van der Waals surface area contributed by atoms with E-state index in [1.807, 2.05) is 24.3 Å². The summed E-state index contributed by atoms with van der Waals surface area (Å²) >= 11 is 0. The zero-order chi connectivity index (χ0) is 14.5. The van der Waals surface area contributed by atoms with Crippen molar-refractivity contribution in [1.82, 2.24) is 5.32 Å². The molecule has 4 nitrogen and oxygen atoms in total. The van der Waals surface area contributed by atoms with Crippen molar-refractivity contribution < 1.29 is 14.6 Å². The number of amides is 1. The van der Waals surface area contributed by atoms with Gasteiger partial charge in [0, 0.05) is 11.6 Å². The smallest absolute Gasteiger partial charge is 0.244 e. The molecule has 2 N–H and O–H groups in total. The zero-order valence-corrected chi connectivity index (χ0v) is 11.8. The van der Waals surface area contributed by atoms with Crippen LogP contribution in [0.2, 0.25) is 0 Å². The number of nitrogens with one attached hydrogen (secondary N) is 1. The second-order valence-corrected chi connectivity index (χ2v) is 4.96. The third-order valence-corrected chi connectivity index (χ3v) is 3.04. The van der Waals surface area contributed by atoms with Gasteiger partial charge in [0.25, 0.3) is 0 Å². The topological polar surface area (TPSA) is 58.6 Å². The number of para-hydroxylation sites is 1. The average Bonchev–Trinajstić information content (AvgIpc) is 2.36. The van der Waals surface area contributed by atoms with E-state index < -0.39 is 11.6 Å². The number of methoxy groups -OCH3 is 1. The molecule has 1 amide bonds. The van der Waals surface area contributed by atoms with E-state index in [0.29, 0.717) is 5.75 Å². The third-order valence-electron chi connectivity index (χ3n) is 3.04. The van der Waals surface area contributed by atoms with Crippen LogP contribution in [0, 0.1) is 0 Å². The maximum atomic E-state index is 11.8. The SMILES string of the molecule is COc1ccccc1/C=C/C(=O)NC(C)(C)C(C)O. The summed E-state index contributed by atoms with van der Waals surface area (Å²) in [5, 5.41) is 12.3.